The molecule has 1 aromatic heterocycles. The van der Waals surface area contributed by atoms with E-state index in [1.54, 1.807) is 0 Å². The average Bonchev–Trinajstić information content (AvgIpc) is 3.64. The van der Waals surface area contributed by atoms with Crippen molar-refractivity contribution in [2.24, 2.45) is 0 Å². The number of rotatable bonds is 10. The van der Waals surface area contributed by atoms with E-state index in [0.29, 0.717) is 0 Å². The fourth-order valence-corrected chi connectivity index (χ4v) is 9.04. The molecular weight excluding hydrogens is 653 g/mol. The van der Waals surface area contributed by atoms with Crippen LogP contribution in [0.25, 0.3) is 49.4 Å². The average molecular weight is 703 g/mol. The van der Waals surface area contributed by atoms with E-state index in [0.717, 1.165) is 24.2 Å². The Kier molecular flexibility index (Phi) is 8.65. The Bertz CT molecular complexity index is 2590. The number of hydrogen-bond donors (Lipinski definition) is 0. The van der Waals surface area contributed by atoms with Crippen LogP contribution in [0.1, 0.15) is 81.2 Å². The van der Waals surface area contributed by atoms with Gasteiger partial charge in [0.05, 0.1) is 16.7 Å². The van der Waals surface area contributed by atoms with Crippen molar-refractivity contribution in [2.45, 2.75) is 78.6 Å². The molecule has 2 nitrogen and oxygen atoms in total. The SMILES string of the molecule is CCCCc1ccc2c(c1)c1cc(CCCC)ccc1n2-c1cc2c(c3ccccc13)-c1ccc(N(c3ccccc3)c3ccc(C)cc3)cc1C2(C)C. The number of aryl methyl sites for hydroxylation is 3. The fraction of sp³-hybridized carbons (Fsp3) is 0.231. The Hall–Kier alpha value is -5.60. The van der Waals surface area contributed by atoms with E-state index in [9.17, 15) is 0 Å². The standard InChI is InChI=1S/C52H50N2/c1-6-8-15-36-23-29-48-44(31-36)45-32-37(16-9-7-2)24-30-49(45)54(48)50-34-47-51(42-20-14-13-19-41(42)50)43-28-27-40(33-46(43)52(47,4)5)53(38-17-11-10-12-18-38)39-25-21-35(3)22-26-39/h10-14,17-34H,6-9,15-16H2,1-5H3. The minimum absolute atomic E-state index is 0.214. The van der Waals surface area contributed by atoms with Crippen LogP contribution in [0.5, 0.6) is 0 Å². The molecule has 1 aliphatic rings. The molecule has 8 aromatic rings. The van der Waals surface area contributed by atoms with Crippen LogP contribution in [0.15, 0.2) is 140 Å². The summed E-state index contributed by atoms with van der Waals surface area (Å²) in [6.07, 6.45) is 7.09. The van der Waals surface area contributed by atoms with Gasteiger partial charge in [0.25, 0.3) is 0 Å². The largest absolute Gasteiger partial charge is 0.310 e. The highest BCUT2D eigenvalue weighted by atomic mass is 15.1. The second-order valence-electron chi connectivity index (χ2n) is 16.0. The first-order valence-electron chi connectivity index (χ1n) is 20.1. The molecule has 0 spiro atoms. The van der Waals surface area contributed by atoms with Crippen molar-refractivity contribution in [3.05, 3.63) is 167 Å². The van der Waals surface area contributed by atoms with Crippen molar-refractivity contribution in [1.29, 1.82) is 0 Å². The van der Waals surface area contributed by atoms with Crippen molar-refractivity contribution < 1.29 is 0 Å². The number of para-hydroxylation sites is 1. The number of fused-ring (bicyclic) bond motifs is 8. The molecule has 2 heteroatoms. The lowest BCUT2D eigenvalue weighted by molar-refractivity contribution is 0.660. The molecule has 0 fully saturated rings. The van der Waals surface area contributed by atoms with E-state index >= 15 is 0 Å². The molecule has 0 aliphatic heterocycles. The zero-order valence-electron chi connectivity index (χ0n) is 32.4. The summed E-state index contributed by atoms with van der Waals surface area (Å²) in [5.41, 5.74) is 16.7. The molecule has 0 saturated heterocycles. The van der Waals surface area contributed by atoms with E-state index in [2.05, 4.69) is 184 Å². The van der Waals surface area contributed by atoms with Crippen LogP contribution >= 0.6 is 0 Å². The summed E-state index contributed by atoms with van der Waals surface area (Å²) in [5.74, 6) is 0. The Labute approximate surface area is 320 Å². The van der Waals surface area contributed by atoms with Crippen LogP contribution in [-0.4, -0.2) is 4.57 Å². The molecule has 9 rings (SSSR count). The molecule has 0 atom stereocenters. The molecule has 0 N–H and O–H groups in total. The summed E-state index contributed by atoms with van der Waals surface area (Å²) in [6, 6.07) is 52.9. The van der Waals surface area contributed by atoms with Gasteiger partial charge in [0.2, 0.25) is 0 Å². The molecule has 0 radical (unpaired) electrons. The molecule has 0 bridgehead atoms. The third-order valence-electron chi connectivity index (χ3n) is 12.0. The normalized spacial score (nSPS) is 13.1. The lowest BCUT2D eigenvalue weighted by Gasteiger charge is -2.28. The zero-order chi connectivity index (χ0) is 37.0. The van der Waals surface area contributed by atoms with E-state index in [1.165, 1.54) is 109 Å². The summed E-state index contributed by atoms with van der Waals surface area (Å²) < 4.78 is 2.57. The smallest absolute Gasteiger partial charge is 0.0544 e. The molecule has 268 valence electrons. The van der Waals surface area contributed by atoms with Gasteiger partial charge in [-0.2, -0.15) is 0 Å². The lowest BCUT2D eigenvalue weighted by atomic mass is 9.81. The third-order valence-corrected chi connectivity index (χ3v) is 12.0. The Morgan fingerprint density at radius 2 is 1.09 bits per heavy atom. The second-order valence-corrected chi connectivity index (χ2v) is 16.0. The fourth-order valence-electron chi connectivity index (χ4n) is 9.04. The summed E-state index contributed by atoms with van der Waals surface area (Å²) in [5, 5.41) is 5.34. The minimum Gasteiger partial charge on any atom is -0.310 e. The number of unbranched alkanes of at least 4 members (excludes halogenated alkanes) is 2. The van der Waals surface area contributed by atoms with Crippen LogP contribution in [-0.2, 0) is 18.3 Å². The van der Waals surface area contributed by atoms with Gasteiger partial charge in [0.15, 0.2) is 0 Å². The Morgan fingerprint density at radius 1 is 0.519 bits per heavy atom. The first-order chi connectivity index (χ1) is 26.4. The van der Waals surface area contributed by atoms with Crippen LogP contribution in [0.4, 0.5) is 17.1 Å². The van der Waals surface area contributed by atoms with Crippen molar-refractivity contribution >= 4 is 49.6 Å². The first kappa shape index (κ1) is 34.2. The molecule has 1 aliphatic carbocycles. The quantitative estimate of drug-likeness (QED) is 0.138. The van der Waals surface area contributed by atoms with Crippen LogP contribution < -0.4 is 4.90 Å². The molecular formula is C52H50N2. The summed E-state index contributed by atoms with van der Waals surface area (Å²) in [7, 11) is 0. The van der Waals surface area contributed by atoms with Gasteiger partial charge in [-0.05, 0) is 138 Å². The van der Waals surface area contributed by atoms with E-state index in [1.807, 2.05) is 0 Å². The highest BCUT2D eigenvalue weighted by Gasteiger charge is 2.38. The number of benzene rings is 7. The van der Waals surface area contributed by atoms with Gasteiger partial charge in [-0.15, -0.1) is 0 Å². The maximum absolute atomic E-state index is 2.57. The monoisotopic (exact) mass is 702 g/mol. The van der Waals surface area contributed by atoms with Gasteiger partial charge < -0.3 is 9.47 Å². The number of aromatic nitrogens is 1. The minimum atomic E-state index is -0.214. The second kappa shape index (κ2) is 13.7. The van der Waals surface area contributed by atoms with Gasteiger partial charge in [-0.1, -0.05) is 119 Å². The van der Waals surface area contributed by atoms with E-state index in [-0.39, 0.29) is 5.41 Å². The lowest BCUT2D eigenvalue weighted by Crippen LogP contribution is -2.17. The van der Waals surface area contributed by atoms with Gasteiger partial charge >= 0.3 is 0 Å². The molecule has 0 unspecified atom stereocenters. The summed E-state index contributed by atoms with van der Waals surface area (Å²) in [4.78, 5) is 2.39. The topological polar surface area (TPSA) is 8.17 Å². The summed E-state index contributed by atoms with van der Waals surface area (Å²) in [6.45, 7) is 11.6. The van der Waals surface area contributed by atoms with Gasteiger partial charge in [0.1, 0.15) is 0 Å². The first-order valence-corrected chi connectivity index (χ1v) is 20.1. The van der Waals surface area contributed by atoms with Crippen LogP contribution in [0.3, 0.4) is 0 Å². The Morgan fingerprint density at radius 3 is 1.72 bits per heavy atom. The van der Waals surface area contributed by atoms with Crippen molar-refractivity contribution in [1.82, 2.24) is 4.57 Å². The molecule has 7 aromatic carbocycles. The van der Waals surface area contributed by atoms with E-state index < -0.39 is 0 Å². The van der Waals surface area contributed by atoms with Gasteiger partial charge in [0, 0.05) is 38.6 Å². The van der Waals surface area contributed by atoms with Crippen LogP contribution in [0.2, 0.25) is 0 Å². The molecule has 1 heterocycles. The third kappa shape index (κ3) is 5.62. The highest BCUT2D eigenvalue weighted by Crippen LogP contribution is 2.54. The molecule has 54 heavy (non-hydrogen) atoms. The molecule has 0 amide bonds. The van der Waals surface area contributed by atoms with Gasteiger partial charge in [-0.25, -0.2) is 0 Å². The predicted molar refractivity (Wildman–Crippen MR) is 232 cm³/mol. The molecule has 0 saturated carbocycles. The van der Waals surface area contributed by atoms with Crippen LogP contribution in [0, 0.1) is 6.92 Å². The highest BCUT2D eigenvalue weighted by molar-refractivity contribution is 6.13. The van der Waals surface area contributed by atoms with E-state index in [4.69, 9.17) is 0 Å². The number of anilines is 3. The predicted octanol–water partition coefficient (Wildman–Crippen LogP) is 14.7. The number of hydrogen-bond acceptors (Lipinski definition) is 1. The van der Waals surface area contributed by atoms with Gasteiger partial charge in [-0.3, -0.25) is 0 Å². The van der Waals surface area contributed by atoms with Crippen molar-refractivity contribution in [2.75, 3.05) is 4.90 Å². The maximum atomic E-state index is 2.57. The van der Waals surface area contributed by atoms with Crippen molar-refractivity contribution in [3.63, 3.8) is 0 Å². The summed E-state index contributed by atoms with van der Waals surface area (Å²) >= 11 is 0. The number of nitrogens with zero attached hydrogens (tertiary/aromatic N) is 2. The maximum Gasteiger partial charge on any atom is 0.0544 e. The Balaban J connectivity index is 1.25. The zero-order valence-corrected chi connectivity index (χ0v) is 32.4. The van der Waals surface area contributed by atoms with Crippen molar-refractivity contribution in [3.8, 4) is 16.8 Å².